The molecule has 0 saturated carbocycles. The molecule has 3 rings (SSSR count). The summed E-state index contributed by atoms with van der Waals surface area (Å²) in [6, 6.07) is 10.5. The molecule has 1 amide bonds. The molecule has 0 spiro atoms. The topological polar surface area (TPSA) is 34.0 Å². The fraction of sp³-hybridized carbons (Fsp3) is 0.450. The van der Waals surface area contributed by atoms with E-state index in [9.17, 15) is 4.79 Å². The molecular formula is C20H26N2O. The molecule has 1 aliphatic carbocycles. The average Bonchev–Trinajstić information content (AvgIpc) is 2.90. The highest BCUT2D eigenvalue weighted by atomic mass is 16.1. The van der Waals surface area contributed by atoms with Gasteiger partial charge in [0.15, 0.2) is 0 Å². The zero-order valence-electron chi connectivity index (χ0n) is 14.4. The van der Waals surface area contributed by atoms with Crippen molar-refractivity contribution in [1.82, 2.24) is 9.88 Å². The number of amides is 1. The van der Waals surface area contributed by atoms with Gasteiger partial charge in [0.2, 0.25) is 0 Å². The van der Waals surface area contributed by atoms with Crippen LogP contribution in [0, 0.1) is 6.92 Å². The van der Waals surface area contributed by atoms with Crippen molar-refractivity contribution in [3.63, 3.8) is 0 Å². The summed E-state index contributed by atoms with van der Waals surface area (Å²) in [6.45, 7) is 6.27. The summed E-state index contributed by atoms with van der Waals surface area (Å²) in [6.07, 6.45) is 5.85. The number of carbonyl (C=O) groups excluding carboxylic acids is 1. The molecule has 1 aliphatic rings. The summed E-state index contributed by atoms with van der Waals surface area (Å²) >= 11 is 0. The molecule has 0 aliphatic heterocycles. The summed E-state index contributed by atoms with van der Waals surface area (Å²) in [5, 5.41) is 3.02. The summed E-state index contributed by atoms with van der Waals surface area (Å²) in [5.41, 5.74) is 6.12. The molecule has 23 heavy (non-hydrogen) atoms. The van der Waals surface area contributed by atoms with Crippen LogP contribution in [-0.2, 0) is 12.8 Å². The molecule has 2 aromatic rings. The molecule has 3 nitrogen and oxygen atoms in total. The van der Waals surface area contributed by atoms with Crippen LogP contribution in [-0.4, -0.2) is 16.5 Å². The number of hydrogen-bond acceptors (Lipinski definition) is 1. The lowest BCUT2D eigenvalue weighted by Gasteiger charge is -2.17. The predicted octanol–water partition coefficient (Wildman–Crippen LogP) is 4.19. The summed E-state index contributed by atoms with van der Waals surface area (Å²) in [7, 11) is 0. The minimum Gasteiger partial charge on any atom is -0.350 e. The van der Waals surface area contributed by atoms with Crippen LogP contribution in [0.4, 0.5) is 0 Å². The van der Waals surface area contributed by atoms with Crippen molar-refractivity contribution in [1.29, 1.82) is 0 Å². The van der Waals surface area contributed by atoms with Crippen molar-refractivity contribution in [3.05, 3.63) is 52.8 Å². The SMILES string of the molecule is CCC(C)NC(=O)c1ccc(-n2c(C)cc3c2CCCC3)cc1. The Balaban J connectivity index is 1.86. The minimum absolute atomic E-state index is 0.0113. The molecule has 0 saturated heterocycles. The highest BCUT2D eigenvalue weighted by Gasteiger charge is 2.17. The van der Waals surface area contributed by atoms with Crippen LogP contribution in [0.2, 0.25) is 0 Å². The van der Waals surface area contributed by atoms with Crippen LogP contribution in [0.5, 0.6) is 0 Å². The van der Waals surface area contributed by atoms with Crippen molar-refractivity contribution in [2.45, 2.75) is 58.9 Å². The number of carbonyl (C=O) groups is 1. The smallest absolute Gasteiger partial charge is 0.251 e. The average molecular weight is 310 g/mol. The molecule has 122 valence electrons. The van der Waals surface area contributed by atoms with Gasteiger partial charge in [-0.1, -0.05) is 6.92 Å². The van der Waals surface area contributed by atoms with E-state index in [1.807, 2.05) is 19.1 Å². The van der Waals surface area contributed by atoms with Gasteiger partial charge in [-0.15, -0.1) is 0 Å². The maximum Gasteiger partial charge on any atom is 0.251 e. The fourth-order valence-corrected chi connectivity index (χ4v) is 3.38. The normalized spacial score (nSPS) is 15.1. The van der Waals surface area contributed by atoms with Gasteiger partial charge in [-0.25, -0.2) is 0 Å². The lowest BCUT2D eigenvalue weighted by molar-refractivity contribution is 0.0939. The summed E-state index contributed by atoms with van der Waals surface area (Å²) in [5.74, 6) is 0.0113. The van der Waals surface area contributed by atoms with Crippen molar-refractivity contribution in [2.75, 3.05) is 0 Å². The molecule has 1 unspecified atom stereocenters. The van der Waals surface area contributed by atoms with Crippen LogP contribution in [0.15, 0.2) is 30.3 Å². The second-order valence-electron chi connectivity index (χ2n) is 6.63. The number of benzene rings is 1. The van der Waals surface area contributed by atoms with Gasteiger partial charge >= 0.3 is 0 Å². The Hall–Kier alpha value is -2.03. The van der Waals surface area contributed by atoms with E-state index in [4.69, 9.17) is 0 Å². The zero-order valence-corrected chi connectivity index (χ0v) is 14.4. The van der Waals surface area contributed by atoms with Crippen LogP contribution in [0.3, 0.4) is 0 Å². The van der Waals surface area contributed by atoms with E-state index < -0.39 is 0 Å². The molecule has 0 fully saturated rings. The third-order valence-corrected chi connectivity index (χ3v) is 4.86. The minimum atomic E-state index is 0.0113. The van der Waals surface area contributed by atoms with Gasteiger partial charge in [-0.05, 0) is 81.8 Å². The summed E-state index contributed by atoms with van der Waals surface area (Å²) < 4.78 is 2.35. The lowest BCUT2D eigenvalue weighted by Crippen LogP contribution is -2.31. The molecule has 0 bridgehead atoms. The molecular weight excluding hydrogens is 284 g/mol. The first-order chi connectivity index (χ1) is 11.1. The third kappa shape index (κ3) is 3.19. The summed E-state index contributed by atoms with van der Waals surface area (Å²) in [4.78, 5) is 12.2. The van der Waals surface area contributed by atoms with Gasteiger partial charge in [0.25, 0.3) is 5.91 Å². The second-order valence-corrected chi connectivity index (χ2v) is 6.63. The van der Waals surface area contributed by atoms with Crippen LogP contribution < -0.4 is 5.32 Å². The van der Waals surface area contributed by atoms with Crippen LogP contribution in [0.25, 0.3) is 5.69 Å². The van der Waals surface area contributed by atoms with E-state index in [0.29, 0.717) is 0 Å². The Morgan fingerprint density at radius 1 is 1.22 bits per heavy atom. The maximum atomic E-state index is 12.2. The van der Waals surface area contributed by atoms with Gasteiger partial charge in [0, 0.05) is 28.7 Å². The lowest BCUT2D eigenvalue weighted by atomic mass is 9.98. The standard InChI is InChI=1S/C20H26N2O/c1-4-14(2)21-20(23)16-9-11-18(12-10-16)22-15(3)13-17-7-5-6-8-19(17)22/h9-14H,4-8H2,1-3H3,(H,21,23). The monoisotopic (exact) mass is 310 g/mol. The number of nitrogens with one attached hydrogen (secondary N) is 1. The van der Waals surface area contributed by atoms with E-state index in [2.05, 4.69) is 41.9 Å². The van der Waals surface area contributed by atoms with Crippen molar-refractivity contribution >= 4 is 5.91 Å². The van der Waals surface area contributed by atoms with Gasteiger partial charge in [0.1, 0.15) is 0 Å². The first-order valence-corrected chi connectivity index (χ1v) is 8.71. The fourth-order valence-electron chi connectivity index (χ4n) is 3.38. The van der Waals surface area contributed by atoms with E-state index in [-0.39, 0.29) is 11.9 Å². The van der Waals surface area contributed by atoms with Crippen molar-refractivity contribution < 1.29 is 4.79 Å². The van der Waals surface area contributed by atoms with Gasteiger partial charge < -0.3 is 9.88 Å². The molecule has 1 aromatic heterocycles. The Morgan fingerprint density at radius 2 is 1.91 bits per heavy atom. The Labute approximate surface area is 138 Å². The highest BCUT2D eigenvalue weighted by molar-refractivity contribution is 5.94. The first-order valence-electron chi connectivity index (χ1n) is 8.71. The van der Waals surface area contributed by atoms with E-state index in [0.717, 1.165) is 24.1 Å². The molecule has 1 heterocycles. The Morgan fingerprint density at radius 3 is 2.61 bits per heavy atom. The molecule has 1 N–H and O–H groups in total. The quantitative estimate of drug-likeness (QED) is 0.902. The predicted molar refractivity (Wildman–Crippen MR) is 94.4 cm³/mol. The largest absolute Gasteiger partial charge is 0.350 e. The molecule has 0 radical (unpaired) electrons. The molecule has 1 atom stereocenters. The maximum absolute atomic E-state index is 12.2. The van der Waals surface area contributed by atoms with Crippen molar-refractivity contribution in [3.8, 4) is 5.69 Å². The number of nitrogens with zero attached hydrogens (tertiary/aromatic N) is 1. The van der Waals surface area contributed by atoms with E-state index >= 15 is 0 Å². The number of fused-ring (bicyclic) bond motifs is 1. The van der Waals surface area contributed by atoms with Gasteiger partial charge in [-0.2, -0.15) is 0 Å². The zero-order chi connectivity index (χ0) is 16.4. The first kappa shape index (κ1) is 15.9. The number of hydrogen-bond donors (Lipinski definition) is 1. The molecule has 1 aromatic carbocycles. The van der Waals surface area contributed by atoms with E-state index in [1.54, 1.807) is 0 Å². The Kier molecular flexibility index (Phi) is 4.56. The van der Waals surface area contributed by atoms with Gasteiger partial charge in [-0.3, -0.25) is 4.79 Å². The second kappa shape index (κ2) is 6.61. The van der Waals surface area contributed by atoms with Crippen molar-refractivity contribution in [2.24, 2.45) is 0 Å². The van der Waals surface area contributed by atoms with E-state index in [1.165, 1.54) is 36.2 Å². The number of rotatable bonds is 4. The number of aryl methyl sites for hydroxylation is 2. The third-order valence-electron chi connectivity index (χ3n) is 4.86. The van der Waals surface area contributed by atoms with Gasteiger partial charge in [0.05, 0.1) is 0 Å². The Bertz CT molecular complexity index is 697. The van der Waals surface area contributed by atoms with Crippen LogP contribution in [0.1, 0.15) is 60.4 Å². The number of aromatic nitrogens is 1. The molecule has 3 heteroatoms. The highest BCUT2D eigenvalue weighted by Crippen LogP contribution is 2.28. The van der Waals surface area contributed by atoms with Crippen LogP contribution >= 0.6 is 0 Å².